The molecular formula is C8H8FN3O3. The van der Waals surface area contributed by atoms with Gasteiger partial charge in [-0.25, -0.2) is 10.2 Å². The van der Waals surface area contributed by atoms with Crippen molar-refractivity contribution in [3.63, 3.8) is 0 Å². The molecule has 1 rings (SSSR count). The summed E-state index contributed by atoms with van der Waals surface area (Å²) >= 11 is 0. The van der Waals surface area contributed by atoms with Gasteiger partial charge in [-0.15, -0.1) is 0 Å². The molecule has 80 valence electrons. The molecule has 3 N–H and O–H groups in total. The second kappa shape index (κ2) is 4.01. The summed E-state index contributed by atoms with van der Waals surface area (Å²) in [5, 5.41) is 10.5. The summed E-state index contributed by atoms with van der Waals surface area (Å²) in [6.45, 7) is 1.26. The molecule has 0 fully saturated rings. The summed E-state index contributed by atoms with van der Waals surface area (Å²) in [6.07, 6.45) is 0. The molecule has 0 heterocycles. The predicted molar refractivity (Wildman–Crippen MR) is 49.4 cm³/mol. The Morgan fingerprint density at radius 2 is 2.20 bits per heavy atom. The number of nitrogens with zero attached hydrogens (tertiary/aromatic N) is 1. The van der Waals surface area contributed by atoms with Crippen LogP contribution in [0.4, 0.5) is 10.1 Å². The molecule has 15 heavy (non-hydrogen) atoms. The van der Waals surface area contributed by atoms with E-state index in [0.29, 0.717) is 0 Å². The smallest absolute Gasteiger partial charge is 0.276 e. The minimum atomic E-state index is -0.817. The lowest BCUT2D eigenvalue weighted by Gasteiger charge is -2.03. The minimum absolute atomic E-state index is 0.117. The Bertz CT molecular complexity index is 433. The second-order valence-corrected chi connectivity index (χ2v) is 2.83. The molecule has 1 aromatic carbocycles. The average Bonchev–Trinajstić information content (AvgIpc) is 2.20. The topological polar surface area (TPSA) is 98.3 Å². The van der Waals surface area contributed by atoms with Crippen molar-refractivity contribution in [1.29, 1.82) is 0 Å². The Morgan fingerprint density at radius 3 is 2.67 bits per heavy atom. The highest BCUT2D eigenvalue weighted by Crippen LogP contribution is 2.22. The molecule has 6 nitrogen and oxygen atoms in total. The third-order valence-electron chi connectivity index (χ3n) is 1.91. The predicted octanol–water partition coefficient (Wildman–Crippen LogP) is 0.646. The minimum Gasteiger partial charge on any atom is -0.290 e. The Balaban J connectivity index is 3.35. The Hall–Kier alpha value is -2.02. The zero-order chi connectivity index (χ0) is 11.6. The number of nitrogens with one attached hydrogen (secondary N) is 1. The van der Waals surface area contributed by atoms with Crippen LogP contribution in [0.1, 0.15) is 15.9 Å². The molecule has 1 aromatic rings. The van der Waals surface area contributed by atoms with Gasteiger partial charge in [-0.1, -0.05) is 0 Å². The molecule has 0 saturated heterocycles. The van der Waals surface area contributed by atoms with Crippen LogP contribution in [0.5, 0.6) is 0 Å². The first-order valence-electron chi connectivity index (χ1n) is 3.93. The van der Waals surface area contributed by atoms with Crippen LogP contribution in [0.2, 0.25) is 0 Å². The summed E-state index contributed by atoms with van der Waals surface area (Å²) in [5.74, 6) is 3.23. The highest BCUT2D eigenvalue weighted by atomic mass is 19.1. The molecule has 1 amide bonds. The molecule has 0 aromatic heterocycles. The van der Waals surface area contributed by atoms with Crippen molar-refractivity contribution >= 4 is 11.6 Å². The maximum atomic E-state index is 13.2. The number of hydrogen-bond donors (Lipinski definition) is 2. The van der Waals surface area contributed by atoms with E-state index in [0.717, 1.165) is 12.1 Å². The van der Waals surface area contributed by atoms with E-state index in [1.807, 2.05) is 0 Å². The Kier molecular flexibility index (Phi) is 2.96. The van der Waals surface area contributed by atoms with E-state index in [1.165, 1.54) is 6.92 Å². The summed E-state index contributed by atoms with van der Waals surface area (Å²) in [4.78, 5) is 20.8. The fourth-order valence-electron chi connectivity index (χ4n) is 1.07. The number of nitro benzene ring substituents is 1. The SMILES string of the molecule is Cc1c(F)cc(C(=O)NN)cc1[N+](=O)[O-]. The maximum absolute atomic E-state index is 13.2. The summed E-state index contributed by atoms with van der Waals surface area (Å²) in [6, 6.07) is 1.87. The van der Waals surface area contributed by atoms with Crippen LogP contribution in [-0.2, 0) is 0 Å². The molecule has 0 atom stereocenters. The quantitative estimate of drug-likeness (QED) is 0.326. The highest BCUT2D eigenvalue weighted by molar-refractivity contribution is 5.94. The van der Waals surface area contributed by atoms with Gasteiger partial charge in [0.25, 0.3) is 11.6 Å². The van der Waals surface area contributed by atoms with Crippen LogP contribution in [0.25, 0.3) is 0 Å². The van der Waals surface area contributed by atoms with Crippen LogP contribution < -0.4 is 11.3 Å². The van der Waals surface area contributed by atoms with Gasteiger partial charge in [0.15, 0.2) is 0 Å². The number of benzene rings is 1. The molecule has 0 aliphatic heterocycles. The fourth-order valence-corrected chi connectivity index (χ4v) is 1.07. The van der Waals surface area contributed by atoms with Crippen LogP contribution in [0.15, 0.2) is 12.1 Å². The number of amides is 1. The first-order chi connectivity index (χ1) is 6.97. The van der Waals surface area contributed by atoms with Gasteiger partial charge in [0.2, 0.25) is 0 Å². The fraction of sp³-hybridized carbons (Fsp3) is 0.125. The van der Waals surface area contributed by atoms with Crippen molar-refractivity contribution in [2.75, 3.05) is 0 Å². The van der Waals surface area contributed by atoms with Crippen molar-refractivity contribution in [3.8, 4) is 0 Å². The zero-order valence-electron chi connectivity index (χ0n) is 7.78. The zero-order valence-corrected chi connectivity index (χ0v) is 7.78. The van der Waals surface area contributed by atoms with Gasteiger partial charge < -0.3 is 0 Å². The van der Waals surface area contributed by atoms with Gasteiger partial charge in [0.1, 0.15) is 5.82 Å². The molecule has 0 aliphatic rings. The van der Waals surface area contributed by atoms with E-state index < -0.39 is 22.3 Å². The molecular weight excluding hydrogens is 205 g/mol. The van der Waals surface area contributed by atoms with Crippen LogP contribution in [-0.4, -0.2) is 10.8 Å². The van der Waals surface area contributed by atoms with E-state index in [-0.39, 0.29) is 11.1 Å². The monoisotopic (exact) mass is 213 g/mol. The normalized spacial score (nSPS) is 9.80. The summed E-state index contributed by atoms with van der Waals surface area (Å²) in [5.41, 5.74) is 1.01. The standard InChI is InChI=1S/C8H8FN3O3/c1-4-6(9)2-5(8(13)11-10)3-7(4)12(14)15/h2-3H,10H2,1H3,(H,11,13). The van der Waals surface area contributed by atoms with E-state index >= 15 is 0 Å². The number of carbonyl (C=O) groups is 1. The Morgan fingerprint density at radius 1 is 1.60 bits per heavy atom. The van der Waals surface area contributed by atoms with Gasteiger partial charge in [-0.2, -0.15) is 0 Å². The third kappa shape index (κ3) is 2.08. The van der Waals surface area contributed by atoms with Gasteiger partial charge in [-0.3, -0.25) is 20.3 Å². The number of halogens is 1. The number of nitrogen functional groups attached to an aromatic ring is 1. The van der Waals surface area contributed by atoms with Gasteiger partial charge in [-0.05, 0) is 13.0 Å². The largest absolute Gasteiger partial charge is 0.290 e. The van der Waals surface area contributed by atoms with Gasteiger partial charge in [0.05, 0.1) is 16.1 Å². The van der Waals surface area contributed by atoms with E-state index in [1.54, 1.807) is 5.43 Å². The van der Waals surface area contributed by atoms with E-state index in [4.69, 9.17) is 5.84 Å². The van der Waals surface area contributed by atoms with E-state index in [9.17, 15) is 19.3 Å². The second-order valence-electron chi connectivity index (χ2n) is 2.83. The molecule has 7 heteroatoms. The van der Waals surface area contributed by atoms with Crippen molar-refractivity contribution in [2.24, 2.45) is 5.84 Å². The molecule has 0 aliphatic carbocycles. The van der Waals surface area contributed by atoms with Crippen LogP contribution in [0, 0.1) is 22.9 Å². The molecule has 0 saturated carbocycles. The Labute approximate surface area is 84.0 Å². The molecule has 0 spiro atoms. The number of carbonyl (C=O) groups excluding carboxylic acids is 1. The number of hydrazine groups is 1. The lowest BCUT2D eigenvalue weighted by Crippen LogP contribution is -2.30. The number of nitrogens with two attached hydrogens (primary N) is 1. The first-order valence-corrected chi connectivity index (χ1v) is 3.93. The number of rotatable bonds is 2. The van der Waals surface area contributed by atoms with Crippen molar-refractivity contribution < 1.29 is 14.1 Å². The summed E-state index contributed by atoms with van der Waals surface area (Å²) in [7, 11) is 0. The van der Waals surface area contributed by atoms with Crippen molar-refractivity contribution in [3.05, 3.63) is 39.2 Å². The molecule has 0 radical (unpaired) electrons. The third-order valence-corrected chi connectivity index (χ3v) is 1.91. The molecule has 0 bridgehead atoms. The van der Waals surface area contributed by atoms with Crippen molar-refractivity contribution in [2.45, 2.75) is 6.92 Å². The van der Waals surface area contributed by atoms with Crippen LogP contribution >= 0.6 is 0 Å². The highest BCUT2D eigenvalue weighted by Gasteiger charge is 2.18. The maximum Gasteiger partial charge on any atom is 0.276 e. The first kappa shape index (κ1) is 11.1. The lowest BCUT2D eigenvalue weighted by molar-refractivity contribution is -0.385. The van der Waals surface area contributed by atoms with Gasteiger partial charge in [0, 0.05) is 6.07 Å². The van der Waals surface area contributed by atoms with E-state index in [2.05, 4.69) is 0 Å². The number of nitro groups is 1. The lowest BCUT2D eigenvalue weighted by atomic mass is 10.1. The van der Waals surface area contributed by atoms with Crippen LogP contribution in [0.3, 0.4) is 0 Å². The number of hydrogen-bond acceptors (Lipinski definition) is 4. The van der Waals surface area contributed by atoms with Gasteiger partial charge >= 0.3 is 0 Å². The molecule has 0 unspecified atom stereocenters. The van der Waals surface area contributed by atoms with Crippen molar-refractivity contribution in [1.82, 2.24) is 5.43 Å². The summed E-state index contributed by atoms with van der Waals surface area (Å²) < 4.78 is 13.2. The average molecular weight is 213 g/mol.